The van der Waals surface area contributed by atoms with Crippen molar-refractivity contribution in [3.63, 3.8) is 0 Å². The number of aryl methyl sites for hydroxylation is 1. The molecule has 1 N–H and O–H groups in total. The molecule has 1 heterocycles. The van der Waals surface area contributed by atoms with Crippen molar-refractivity contribution in [2.75, 3.05) is 0 Å². The largest absolute Gasteiger partial charge is 0.343 e. The number of hydrogen-bond acceptors (Lipinski definition) is 5. The molecule has 0 spiro atoms. The number of carbonyl (C=O) groups is 1. The number of halogens is 1. The van der Waals surface area contributed by atoms with Crippen LogP contribution in [0.4, 0.5) is 5.69 Å². The number of rotatable bonds is 4. The van der Waals surface area contributed by atoms with E-state index in [1.807, 2.05) is 13.8 Å². The van der Waals surface area contributed by atoms with Crippen LogP contribution in [-0.4, -0.2) is 15.8 Å². The van der Waals surface area contributed by atoms with Crippen LogP contribution < -0.4 is 5.32 Å². The maximum atomic E-state index is 12.1. The topological polar surface area (TPSA) is 85.1 Å². The summed E-state index contributed by atoms with van der Waals surface area (Å²) < 4.78 is 0. The van der Waals surface area contributed by atoms with E-state index < -0.39 is 10.8 Å². The summed E-state index contributed by atoms with van der Waals surface area (Å²) in [5.74, 6) is -0.393. The van der Waals surface area contributed by atoms with E-state index in [1.54, 1.807) is 6.20 Å². The van der Waals surface area contributed by atoms with Crippen molar-refractivity contribution in [2.24, 2.45) is 0 Å². The average Bonchev–Trinajstić information content (AvgIpc) is 2.85. The van der Waals surface area contributed by atoms with E-state index in [4.69, 9.17) is 11.6 Å². The molecule has 0 aliphatic rings. The predicted molar refractivity (Wildman–Crippen MR) is 80.8 cm³/mol. The lowest BCUT2D eigenvalue weighted by Crippen LogP contribution is -2.26. The molecule has 0 aliphatic carbocycles. The molecular formula is C13H12ClN3O3S. The third-order valence-electron chi connectivity index (χ3n) is 2.77. The molecule has 0 bridgehead atoms. The lowest BCUT2D eigenvalue weighted by molar-refractivity contribution is -0.384. The van der Waals surface area contributed by atoms with Crippen LogP contribution in [0.2, 0.25) is 5.02 Å². The van der Waals surface area contributed by atoms with Crippen LogP contribution in [0, 0.1) is 17.0 Å². The number of carbonyl (C=O) groups excluding carboxylic acids is 1. The first-order valence-electron chi connectivity index (χ1n) is 6.05. The number of hydrogen-bond donors (Lipinski definition) is 1. The lowest BCUT2D eigenvalue weighted by Gasteiger charge is -2.12. The smallest absolute Gasteiger partial charge is 0.270 e. The molecule has 0 fully saturated rings. The lowest BCUT2D eigenvalue weighted by atomic mass is 10.2. The SMILES string of the molecule is Cc1cnc(C(C)NC(=O)c2ccc([N+](=O)[O-])cc2Cl)s1. The van der Waals surface area contributed by atoms with Gasteiger partial charge in [0.1, 0.15) is 5.01 Å². The summed E-state index contributed by atoms with van der Waals surface area (Å²) >= 11 is 7.42. The molecule has 0 saturated carbocycles. The molecule has 2 aromatic rings. The summed E-state index contributed by atoms with van der Waals surface area (Å²) in [6.45, 7) is 3.75. The van der Waals surface area contributed by atoms with E-state index in [9.17, 15) is 14.9 Å². The molecule has 1 aromatic carbocycles. The fourth-order valence-electron chi connectivity index (χ4n) is 1.71. The fourth-order valence-corrected chi connectivity index (χ4v) is 2.75. The molecule has 1 atom stereocenters. The summed E-state index contributed by atoms with van der Waals surface area (Å²) in [6, 6.07) is 3.49. The Bertz CT molecular complexity index is 702. The summed E-state index contributed by atoms with van der Waals surface area (Å²) in [5.41, 5.74) is 0.0440. The van der Waals surface area contributed by atoms with Crippen LogP contribution in [0.1, 0.15) is 33.2 Å². The molecule has 6 nitrogen and oxygen atoms in total. The minimum absolute atomic E-state index is 0.0456. The Hall–Kier alpha value is -1.99. The van der Waals surface area contributed by atoms with Crippen molar-refractivity contribution in [3.8, 4) is 0 Å². The van der Waals surface area contributed by atoms with E-state index in [0.29, 0.717) is 0 Å². The van der Waals surface area contributed by atoms with Crippen molar-refractivity contribution in [1.82, 2.24) is 10.3 Å². The molecule has 0 aliphatic heterocycles. The van der Waals surface area contributed by atoms with Gasteiger partial charge in [-0.05, 0) is 19.9 Å². The Morgan fingerprint density at radius 3 is 2.76 bits per heavy atom. The number of amides is 1. The van der Waals surface area contributed by atoms with Gasteiger partial charge in [-0.1, -0.05) is 11.6 Å². The molecule has 21 heavy (non-hydrogen) atoms. The highest BCUT2D eigenvalue weighted by Crippen LogP contribution is 2.24. The number of benzene rings is 1. The summed E-state index contributed by atoms with van der Waals surface area (Å²) in [7, 11) is 0. The van der Waals surface area contributed by atoms with Crippen LogP contribution in [0.15, 0.2) is 24.4 Å². The predicted octanol–water partition coefficient (Wildman–Crippen LogP) is 3.50. The van der Waals surface area contributed by atoms with Crippen LogP contribution in [0.5, 0.6) is 0 Å². The summed E-state index contributed by atoms with van der Waals surface area (Å²) in [6.07, 6.45) is 1.74. The van der Waals surface area contributed by atoms with Gasteiger partial charge in [-0.25, -0.2) is 4.98 Å². The van der Waals surface area contributed by atoms with Gasteiger partial charge in [-0.15, -0.1) is 11.3 Å². The van der Waals surface area contributed by atoms with Crippen molar-refractivity contribution in [3.05, 3.63) is 55.0 Å². The number of thiazole rings is 1. The maximum Gasteiger partial charge on any atom is 0.270 e. The van der Waals surface area contributed by atoms with Gasteiger partial charge in [-0.3, -0.25) is 14.9 Å². The van der Waals surface area contributed by atoms with Crippen LogP contribution >= 0.6 is 22.9 Å². The number of nitro benzene ring substituents is 1. The molecule has 1 unspecified atom stereocenters. The van der Waals surface area contributed by atoms with E-state index in [2.05, 4.69) is 10.3 Å². The number of non-ortho nitro benzene ring substituents is 1. The molecule has 0 radical (unpaired) electrons. The Morgan fingerprint density at radius 1 is 1.52 bits per heavy atom. The van der Waals surface area contributed by atoms with Crippen LogP contribution in [0.25, 0.3) is 0 Å². The van der Waals surface area contributed by atoms with Gasteiger partial charge in [0.15, 0.2) is 0 Å². The Labute approximate surface area is 129 Å². The zero-order valence-electron chi connectivity index (χ0n) is 11.3. The van der Waals surface area contributed by atoms with Gasteiger partial charge >= 0.3 is 0 Å². The Morgan fingerprint density at radius 2 is 2.24 bits per heavy atom. The van der Waals surface area contributed by atoms with Crippen molar-refractivity contribution < 1.29 is 9.72 Å². The van der Waals surface area contributed by atoms with Gasteiger partial charge in [0.25, 0.3) is 11.6 Å². The van der Waals surface area contributed by atoms with E-state index in [0.717, 1.165) is 16.0 Å². The first kappa shape index (κ1) is 15.4. The minimum atomic E-state index is -0.561. The molecule has 110 valence electrons. The van der Waals surface area contributed by atoms with Gasteiger partial charge in [0.05, 0.1) is 21.6 Å². The molecule has 8 heteroatoms. The highest BCUT2D eigenvalue weighted by atomic mass is 35.5. The van der Waals surface area contributed by atoms with Gasteiger partial charge in [0, 0.05) is 23.2 Å². The van der Waals surface area contributed by atoms with Gasteiger partial charge < -0.3 is 5.32 Å². The van der Waals surface area contributed by atoms with Crippen molar-refractivity contribution in [1.29, 1.82) is 0 Å². The molecule has 0 saturated heterocycles. The molecule has 1 aromatic heterocycles. The van der Waals surface area contributed by atoms with Crippen LogP contribution in [-0.2, 0) is 0 Å². The standard InChI is InChI=1S/C13H12ClN3O3S/c1-7-6-15-13(21-7)8(2)16-12(18)10-4-3-9(17(19)20)5-11(10)14/h3-6,8H,1-2H3,(H,16,18). The van der Waals surface area contributed by atoms with Gasteiger partial charge in [0.2, 0.25) is 0 Å². The van der Waals surface area contributed by atoms with Crippen LogP contribution in [0.3, 0.4) is 0 Å². The Kier molecular flexibility index (Phi) is 4.54. The number of nitrogens with one attached hydrogen (secondary N) is 1. The number of aromatic nitrogens is 1. The monoisotopic (exact) mass is 325 g/mol. The second kappa shape index (κ2) is 6.19. The third kappa shape index (κ3) is 3.56. The van der Waals surface area contributed by atoms with Crippen molar-refractivity contribution >= 4 is 34.5 Å². The maximum absolute atomic E-state index is 12.1. The summed E-state index contributed by atoms with van der Waals surface area (Å²) in [5, 5.41) is 14.2. The second-order valence-electron chi connectivity index (χ2n) is 4.43. The molecule has 1 amide bonds. The third-order valence-corrected chi connectivity index (χ3v) is 4.17. The second-order valence-corrected chi connectivity index (χ2v) is 6.10. The van der Waals surface area contributed by atoms with E-state index in [1.165, 1.54) is 23.5 Å². The normalized spacial score (nSPS) is 12.0. The number of nitro groups is 1. The molecule has 2 rings (SSSR count). The zero-order valence-corrected chi connectivity index (χ0v) is 12.9. The Balaban J connectivity index is 2.15. The fraction of sp³-hybridized carbons (Fsp3) is 0.231. The zero-order chi connectivity index (χ0) is 15.6. The minimum Gasteiger partial charge on any atom is -0.343 e. The number of nitrogens with zero attached hydrogens (tertiary/aromatic N) is 2. The van der Waals surface area contributed by atoms with E-state index >= 15 is 0 Å². The van der Waals surface area contributed by atoms with E-state index in [-0.39, 0.29) is 22.3 Å². The summed E-state index contributed by atoms with van der Waals surface area (Å²) in [4.78, 5) is 27.5. The molecular weight excluding hydrogens is 314 g/mol. The van der Waals surface area contributed by atoms with Crippen molar-refractivity contribution in [2.45, 2.75) is 19.9 Å². The average molecular weight is 326 g/mol. The highest BCUT2D eigenvalue weighted by molar-refractivity contribution is 7.11. The quantitative estimate of drug-likeness (QED) is 0.688. The highest BCUT2D eigenvalue weighted by Gasteiger charge is 2.18. The first-order valence-corrected chi connectivity index (χ1v) is 7.25. The van der Waals surface area contributed by atoms with Gasteiger partial charge in [-0.2, -0.15) is 0 Å². The first-order chi connectivity index (χ1) is 9.88.